The third-order valence-electron chi connectivity index (χ3n) is 6.33. The van der Waals surface area contributed by atoms with Crippen LogP contribution in [0.2, 0.25) is 5.02 Å². The number of aliphatic hydroxyl groups excluding tert-OH is 1. The summed E-state index contributed by atoms with van der Waals surface area (Å²) in [6.07, 6.45) is 4.79. The molecule has 166 valence electrons. The van der Waals surface area contributed by atoms with Gasteiger partial charge in [-0.2, -0.15) is 0 Å². The molecule has 3 aromatic rings. The number of hydrogen-bond acceptors (Lipinski definition) is 5. The Labute approximate surface area is 189 Å². The van der Waals surface area contributed by atoms with E-state index in [1.807, 2.05) is 18.2 Å². The van der Waals surface area contributed by atoms with Gasteiger partial charge in [-0.1, -0.05) is 17.7 Å². The molecule has 0 bridgehead atoms. The molecule has 1 aromatic carbocycles. The molecule has 1 saturated carbocycles. The van der Waals surface area contributed by atoms with Gasteiger partial charge in [-0.3, -0.25) is 4.79 Å². The minimum absolute atomic E-state index is 0.00425. The fraction of sp³-hybridized carbons (Fsp3) is 0.333. The monoisotopic (exact) mass is 455 g/mol. The number of aliphatic hydroxyl groups is 1. The number of pyridine rings is 2. The molecule has 32 heavy (non-hydrogen) atoms. The Balaban J connectivity index is 1.44. The lowest BCUT2D eigenvalue weighted by Crippen LogP contribution is -2.33. The predicted molar refractivity (Wildman–Crippen MR) is 121 cm³/mol. The summed E-state index contributed by atoms with van der Waals surface area (Å²) in [4.78, 5) is 17.5. The van der Waals surface area contributed by atoms with Crippen LogP contribution in [0.1, 0.15) is 24.8 Å². The first kappa shape index (κ1) is 21.1. The SMILES string of the molecule is O=c1cc(-c2ccnc(NC3CCOCC3)c2)ccn1C1(c2ccc(Cl)c(F)c2)CC1O. The molecule has 2 atom stereocenters. The van der Waals surface area contributed by atoms with E-state index < -0.39 is 17.5 Å². The van der Waals surface area contributed by atoms with Crippen molar-refractivity contribution in [1.82, 2.24) is 9.55 Å². The van der Waals surface area contributed by atoms with Gasteiger partial charge in [-0.25, -0.2) is 9.37 Å². The van der Waals surface area contributed by atoms with Crippen molar-refractivity contribution in [1.29, 1.82) is 0 Å². The van der Waals surface area contributed by atoms with Crippen molar-refractivity contribution in [2.24, 2.45) is 0 Å². The minimum atomic E-state index is -0.977. The van der Waals surface area contributed by atoms with Gasteiger partial charge in [-0.15, -0.1) is 0 Å². The molecule has 2 N–H and O–H groups in total. The summed E-state index contributed by atoms with van der Waals surface area (Å²) in [5, 5.41) is 13.8. The van der Waals surface area contributed by atoms with Crippen molar-refractivity contribution in [3.8, 4) is 11.1 Å². The van der Waals surface area contributed by atoms with Crippen molar-refractivity contribution >= 4 is 17.4 Å². The van der Waals surface area contributed by atoms with E-state index >= 15 is 0 Å². The maximum atomic E-state index is 14.1. The van der Waals surface area contributed by atoms with Gasteiger partial charge in [0.25, 0.3) is 5.56 Å². The van der Waals surface area contributed by atoms with Crippen molar-refractivity contribution < 1.29 is 14.2 Å². The van der Waals surface area contributed by atoms with Gasteiger partial charge in [0.15, 0.2) is 0 Å². The molecule has 0 radical (unpaired) electrons. The van der Waals surface area contributed by atoms with Crippen LogP contribution in [0, 0.1) is 5.82 Å². The standard InChI is InChI=1S/C24H23ClFN3O3/c25-19-2-1-17(13-20(19)26)24(14-21(24)30)29-8-4-16(12-23(29)31)15-3-7-27-22(11-15)28-18-5-9-32-10-6-18/h1-4,7-8,11-13,18,21,30H,5-6,9-10,14H2,(H,27,28). The smallest absolute Gasteiger partial charge is 0.252 e. The first-order chi connectivity index (χ1) is 15.5. The number of hydrogen-bond donors (Lipinski definition) is 2. The summed E-state index contributed by atoms with van der Waals surface area (Å²) in [6.45, 7) is 1.47. The highest BCUT2D eigenvalue weighted by atomic mass is 35.5. The zero-order valence-electron chi connectivity index (χ0n) is 17.3. The quantitative estimate of drug-likeness (QED) is 0.612. The number of nitrogens with one attached hydrogen (secondary N) is 1. The van der Waals surface area contributed by atoms with Crippen LogP contribution in [0.15, 0.2) is 59.7 Å². The highest BCUT2D eigenvalue weighted by Gasteiger charge is 2.57. The first-order valence-corrected chi connectivity index (χ1v) is 11.0. The summed E-state index contributed by atoms with van der Waals surface area (Å²) in [5.41, 5.74) is 0.881. The van der Waals surface area contributed by atoms with Gasteiger partial charge < -0.3 is 19.7 Å². The predicted octanol–water partition coefficient (Wildman–Crippen LogP) is 3.80. The Bertz CT molecular complexity index is 1210. The van der Waals surface area contributed by atoms with E-state index in [2.05, 4.69) is 10.3 Å². The molecule has 2 aliphatic rings. The van der Waals surface area contributed by atoms with Crippen LogP contribution in [0.25, 0.3) is 11.1 Å². The second-order valence-corrected chi connectivity index (χ2v) is 8.76. The molecule has 6 nitrogen and oxygen atoms in total. The van der Waals surface area contributed by atoms with E-state index in [9.17, 15) is 14.3 Å². The second kappa shape index (κ2) is 8.31. The molecule has 1 aliphatic carbocycles. The largest absolute Gasteiger partial charge is 0.390 e. The van der Waals surface area contributed by atoms with E-state index in [0.717, 1.165) is 43.0 Å². The Morgan fingerprint density at radius 2 is 1.91 bits per heavy atom. The highest BCUT2D eigenvalue weighted by Crippen LogP contribution is 2.49. The van der Waals surface area contributed by atoms with Crippen molar-refractivity contribution in [3.63, 3.8) is 0 Å². The van der Waals surface area contributed by atoms with Gasteiger partial charge in [-0.05, 0) is 59.9 Å². The fourth-order valence-corrected chi connectivity index (χ4v) is 4.56. The lowest BCUT2D eigenvalue weighted by molar-refractivity contribution is 0.0904. The van der Waals surface area contributed by atoms with E-state index in [0.29, 0.717) is 18.0 Å². The molecular formula is C24H23ClFN3O3. The average Bonchev–Trinajstić information content (AvgIpc) is 3.48. The lowest BCUT2D eigenvalue weighted by atomic mass is 10.0. The van der Waals surface area contributed by atoms with Crippen LogP contribution in [-0.4, -0.2) is 40.0 Å². The number of ether oxygens (including phenoxy) is 1. The van der Waals surface area contributed by atoms with Crippen LogP contribution >= 0.6 is 11.6 Å². The van der Waals surface area contributed by atoms with Crippen LogP contribution < -0.4 is 10.9 Å². The number of halogens is 2. The zero-order valence-corrected chi connectivity index (χ0v) is 18.1. The van der Waals surface area contributed by atoms with Crippen molar-refractivity contribution in [2.45, 2.75) is 36.9 Å². The molecule has 2 fully saturated rings. The molecular weight excluding hydrogens is 433 g/mol. The summed E-state index contributed by atoms with van der Waals surface area (Å²) in [7, 11) is 0. The van der Waals surface area contributed by atoms with Gasteiger partial charge >= 0.3 is 0 Å². The number of anilines is 1. The van der Waals surface area contributed by atoms with Crippen LogP contribution in [-0.2, 0) is 10.3 Å². The van der Waals surface area contributed by atoms with Crippen LogP contribution in [0.3, 0.4) is 0 Å². The molecule has 3 heterocycles. The number of aromatic nitrogens is 2. The van der Waals surface area contributed by atoms with Crippen LogP contribution in [0.5, 0.6) is 0 Å². The topological polar surface area (TPSA) is 76.4 Å². The minimum Gasteiger partial charge on any atom is -0.390 e. The summed E-state index contributed by atoms with van der Waals surface area (Å²) < 4.78 is 20.9. The van der Waals surface area contributed by atoms with E-state index in [-0.39, 0.29) is 10.6 Å². The normalized spacial score (nSPS) is 23.2. The van der Waals surface area contributed by atoms with Crippen LogP contribution in [0.4, 0.5) is 10.2 Å². The summed E-state index contributed by atoms with van der Waals surface area (Å²) in [6, 6.07) is 11.8. The molecule has 2 unspecified atom stereocenters. The van der Waals surface area contributed by atoms with E-state index in [4.69, 9.17) is 16.3 Å². The molecule has 1 saturated heterocycles. The molecule has 5 rings (SSSR count). The van der Waals surface area contributed by atoms with Crippen molar-refractivity contribution in [3.05, 3.63) is 81.6 Å². The number of benzene rings is 1. The van der Waals surface area contributed by atoms with E-state index in [1.165, 1.54) is 22.8 Å². The maximum Gasteiger partial charge on any atom is 0.252 e. The molecule has 2 aromatic heterocycles. The average molecular weight is 456 g/mol. The fourth-order valence-electron chi connectivity index (χ4n) is 4.44. The Hall–Kier alpha value is -2.74. The van der Waals surface area contributed by atoms with Crippen molar-refractivity contribution in [2.75, 3.05) is 18.5 Å². The van der Waals surface area contributed by atoms with Gasteiger partial charge in [0.2, 0.25) is 0 Å². The first-order valence-electron chi connectivity index (χ1n) is 10.6. The van der Waals surface area contributed by atoms with E-state index in [1.54, 1.807) is 18.5 Å². The van der Waals surface area contributed by atoms with Gasteiger partial charge in [0.05, 0.1) is 11.1 Å². The summed E-state index contributed by atoms with van der Waals surface area (Å²) in [5.74, 6) is 0.179. The maximum absolute atomic E-state index is 14.1. The third-order valence-corrected chi connectivity index (χ3v) is 6.64. The van der Waals surface area contributed by atoms with Gasteiger partial charge in [0.1, 0.15) is 17.2 Å². The second-order valence-electron chi connectivity index (χ2n) is 8.36. The van der Waals surface area contributed by atoms with Gasteiger partial charge in [0, 0.05) is 44.1 Å². The lowest BCUT2D eigenvalue weighted by Gasteiger charge is -2.23. The molecule has 0 spiro atoms. The number of nitrogens with zero attached hydrogens (tertiary/aromatic N) is 2. The Morgan fingerprint density at radius 1 is 1.16 bits per heavy atom. The third kappa shape index (κ3) is 3.81. The zero-order chi connectivity index (χ0) is 22.3. The molecule has 8 heteroatoms. The highest BCUT2D eigenvalue weighted by molar-refractivity contribution is 6.30. The Kier molecular flexibility index (Phi) is 5.49. The number of rotatable bonds is 5. The Morgan fingerprint density at radius 3 is 2.59 bits per heavy atom. The molecule has 0 amide bonds. The molecule has 1 aliphatic heterocycles. The summed E-state index contributed by atoms with van der Waals surface area (Å²) >= 11 is 5.81.